The van der Waals surface area contributed by atoms with Gasteiger partial charge in [0.1, 0.15) is 11.5 Å². The van der Waals surface area contributed by atoms with Gasteiger partial charge in [-0.25, -0.2) is 0 Å². The van der Waals surface area contributed by atoms with Crippen molar-refractivity contribution in [1.82, 2.24) is 19.7 Å². The molecule has 0 saturated heterocycles. The average Bonchev–Trinajstić information content (AvgIpc) is 2.75. The first-order valence-electron chi connectivity index (χ1n) is 5.71. The van der Waals surface area contributed by atoms with Gasteiger partial charge < -0.3 is 4.57 Å². The van der Waals surface area contributed by atoms with Gasteiger partial charge >= 0.3 is 0 Å². The third-order valence-electron chi connectivity index (χ3n) is 3.12. The second kappa shape index (κ2) is 3.70. The molecule has 4 heteroatoms. The number of aromatic nitrogens is 4. The van der Waals surface area contributed by atoms with E-state index in [2.05, 4.69) is 26.7 Å². The van der Waals surface area contributed by atoms with Crippen molar-refractivity contribution < 1.29 is 0 Å². The SMILES string of the molecule is CC1CCCc2nnc(-c3ccccn3)n21. The van der Waals surface area contributed by atoms with Crippen LogP contribution >= 0.6 is 0 Å². The van der Waals surface area contributed by atoms with Gasteiger partial charge in [0.05, 0.1) is 0 Å². The summed E-state index contributed by atoms with van der Waals surface area (Å²) < 4.78 is 2.23. The van der Waals surface area contributed by atoms with E-state index >= 15 is 0 Å². The zero-order chi connectivity index (χ0) is 11.0. The second-order valence-electron chi connectivity index (χ2n) is 4.27. The summed E-state index contributed by atoms with van der Waals surface area (Å²) in [5.41, 5.74) is 0.912. The molecule has 3 heterocycles. The van der Waals surface area contributed by atoms with Crippen molar-refractivity contribution in [3.8, 4) is 11.5 Å². The third-order valence-corrected chi connectivity index (χ3v) is 3.12. The van der Waals surface area contributed by atoms with Gasteiger partial charge in [-0.15, -0.1) is 10.2 Å². The van der Waals surface area contributed by atoms with E-state index < -0.39 is 0 Å². The van der Waals surface area contributed by atoms with Crippen LogP contribution in [0.25, 0.3) is 11.5 Å². The lowest BCUT2D eigenvalue weighted by atomic mass is 10.1. The lowest BCUT2D eigenvalue weighted by Crippen LogP contribution is -2.16. The second-order valence-corrected chi connectivity index (χ2v) is 4.27. The third kappa shape index (κ3) is 1.41. The van der Waals surface area contributed by atoms with Crippen LogP contribution < -0.4 is 0 Å². The van der Waals surface area contributed by atoms with Crippen molar-refractivity contribution in [1.29, 1.82) is 0 Å². The smallest absolute Gasteiger partial charge is 0.182 e. The molecule has 0 radical (unpaired) electrons. The number of aryl methyl sites for hydroxylation is 1. The van der Waals surface area contributed by atoms with Gasteiger partial charge in [0, 0.05) is 18.7 Å². The van der Waals surface area contributed by atoms with Gasteiger partial charge in [-0.05, 0) is 31.9 Å². The van der Waals surface area contributed by atoms with E-state index in [1.807, 2.05) is 18.2 Å². The Labute approximate surface area is 94.4 Å². The Hall–Kier alpha value is -1.71. The zero-order valence-electron chi connectivity index (χ0n) is 9.30. The number of hydrogen-bond acceptors (Lipinski definition) is 3. The monoisotopic (exact) mass is 214 g/mol. The fourth-order valence-corrected chi connectivity index (χ4v) is 2.31. The Morgan fingerprint density at radius 2 is 2.25 bits per heavy atom. The van der Waals surface area contributed by atoms with Gasteiger partial charge in [0.2, 0.25) is 0 Å². The molecule has 0 N–H and O–H groups in total. The van der Waals surface area contributed by atoms with E-state index in [-0.39, 0.29) is 0 Å². The Morgan fingerprint density at radius 1 is 1.31 bits per heavy atom. The van der Waals surface area contributed by atoms with Gasteiger partial charge in [0.25, 0.3) is 0 Å². The summed E-state index contributed by atoms with van der Waals surface area (Å²) in [5, 5.41) is 8.53. The molecule has 3 rings (SSSR count). The van der Waals surface area contributed by atoms with Gasteiger partial charge in [-0.2, -0.15) is 0 Å². The molecule has 1 unspecified atom stereocenters. The molecule has 0 saturated carbocycles. The fourth-order valence-electron chi connectivity index (χ4n) is 2.31. The lowest BCUT2D eigenvalue weighted by Gasteiger charge is -2.22. The van der Waals surface area contributed by atoms with Crippen molar-refractivity contribution in [3.05, 3.63) is 30.2 Å². The van der Waals surface area contributed by atoms with Crippen molar-refractivity contribution in [2.75, 3.05) is 0 Å². The van der Waals surface area contributed by atoms with E-state index in [4.69, 9.17) is 0 Å². The summed E-state index contributed by atoms with van der Waals surface area (Å²) >= 11 is 0. The van der Waals surface area contributed by atoms with E-state index in [0.29, 0.717) is 6.04 Å². The summed E-state index contributed by atoms with van der Waals surface area (Å²) in [6, 6.07) is 6.37. The number of fused-ring (bicyclic) bond motifs is 1. The van der Waals surface area contributed by atoms with E-state index in [1.165, 1.54) is 12.8 Å². The normalized spacial score (nSPS) is 19.4. The minimum Gasteiger partial charge on any atom is -0.307 e. The number of rotatable bonds is 1. The van der Waals surface area contributed by atoms with Crippen molar-refractivity contribution >= 4 is 0 Å². The van der Waals surface area contributed by atoms with Gasteiger partial charge in [-0.1, -0.05) is 6.07 Å². The number of hydrogen-bond donors (Lipinski definition) is 0. The van der Waals surface area contributed by atoms with Crippen LogP contribution in [0.4, 0.5) is 0 Å². The highest BCUT2D eigenvalue weighted by atomic mass is 15.3. The molecule has 2 aromatic heterocycles. The molecule has 0 bridgehead atoms. The molecule has 82 valence electrons. The maximum absolute atomic E-state index is 4.34. The minimum atomic E-state index is 0.482. The standard InChI is InChI=1S/C12H14N4/c1-9-5-4-7-11-14-15-12(16(9)11)10-6-2-3-8-13-10/h2-3,6,8-9H,4-5,7H2,1H3. The quantitative estimate of drug-likeness (QED) is 0.731. The molecule has 1 aliphatic heterocycles. The predicted octanol–water partition coefficient (Wildman–Crippen LogP) is 2.24. The zero-order valence-corrected chi connectivity index (χ0v) is 9.30. The Bertz CT molecular complexity index is 489. The first-order chi connectivity index (χ1) is 7.86. The van der Waals surface area contributed by atoms with Crippen LogP contribution in [0, 0.1) is 0 Å². The molecule has 0 fully saturated rings. The molecule has 16 heavy (non-hydrogen) atoms. The molecule has 0 aliphatic carbocycles. The van der Waals surface area contributed by atoms with E-state index in [0.717, 1.165) is 23.8 Å². The molecule has 0 aromatic carbocycles. The van der Waals surface area contributed by atoms with Crippen molar-refractivity contribution in [2.24, 2.45) is 0 Å². The largest absolute Gasteiger partial charge is 0.307 e. The molecule has 2 aromatic rings. The summed E-state index contributed by atoms with van der Waals surface area (Å²) in [5.74, 6) is 2.00. The van der Waals surface area contributed by atoms with Crippen LogP contribution in [0.2, 0.25) is 0 Å². The lowest BCUT2D eigenvalue weighted by molar-refractivity contribution is 0.429. The molecule has 0 spiro atoms. The molecular formula is C12H14N4. The van der Waals surface area contributed by atoms with Crippen LogP contribution in [0.15, 0.2) is 24.4 Å². The van der Waals surface area contributed by atoms with Gasteiger partial charge in [0.15, 0.2) is 5.82 Å². The van der Waals surface area contributed by atoms with Crippen LogP contribution in [-0.2, 0) is 6.42 Å². The van der Waals surface area contributed by atoms with Crippen LogP contribution in [0.3, 0.4) is 0 Å². The van der Waals surface area contributed by atoms with Crippen LogP contribution in [-0.4, -0.2) is 19.7 Å². The maximum Gasteiger partial charge on any atom is 0.182 e. The highest BCUT2D eigenvalue weighted by molar-refractivity contribution is 5.49. The van der Waals surface area contributed by atoms with Crippen molar-refractivity contribution in [2.45, 2.75) is 32.2 Å². The molecule has 0 amide bonds. The van der Waals surface area contributed by atoms with E-state index in [1.54, 1.807) is 6.20 Å². The summed E-state index contributed by atoms with van der Waals surface area (Å²) in [4.78, 5) is 4.34. The predicted molar refractivity (Wildman–Crippen MR) is 60.9 cm³/mol. The maximum atomic E-state index is 4.34. The average molecular weight is 214 g/mol. The molecule has 1 aliphatic rings. The summed E-state index contributed by atoms with van der Waals surface area (Å²) in [6.45, 7) is 2.22. The highest BCUT2D eigenvalue weighted by Gasteiger charge is 2.22. The van der Waals surface area contributed by atoms with E-state index in [9.17, 15) is 0 Å². The molecular weight excluding hydrogens is 200 g/mol. The Balaban J connectivity index is 2.13. The van der Waals surface area contributed by atoms with Crippen molar-refractivity contribution in [3.63, 3.8) is 0 Å². The topological polar surface area (TPSA) is 43.6 Å². The minimum absolute atomic E-state index is 0.482. The van der Waals surface area contributed by atoms with Gasteiger partial charge in [-0.3, -0.25) is 4.98 Å². The summed E-state index contributed by atoms with van der Waals surface area (Å²) in [7, 11) is 0. The number of pyridine rings is 1. The molecule has 4 nitrogen and oxygen atoms in total. The molecule has 1 atom stereocenters. The number of nitrogens with zero attached hydrogens (tertiary/aromatic N) is 4. The Morgan fingerprint density at radius 3 is 3.06 bits per heavy atom. The first-order valence-corrected chi connectivity index (χ1v) is 5.71. The fraction of sp³-hybridized carbons (Fsp3) is 0.417. The highest BCUT2D eigenvalue weighted by Crippen LogP contribution is 2.28. The first kappa shape index (κ1) is 9.51. The van der Waals surface area contributed by atoms with Crippen LogP contribution in [0.5, 0.6) is 0 Å². The van der Waals surface area contributed by atoms with Crippen LogP contribution in [0.1, 0.15) is 31.6 Å². The Kier molecular flexibility index (Phi) is 2.20. The summed E-state index contributed by atoms with van der Waals surface area (Å²) in [6.07, 6.45) is 5.24.